The molecular weight excluding hydrogens is 626 g/mol. The van der Waals surface area contributed by atoms with Crippen molar-refractivity contribution in [3.05, 3.63) is 130 Å². The van der Waals surface area contributed by atoms with Gasteiger partial charge in [0, 0.05) is 24.0 Å². The minimum absolute atomic E-state index is 0.0750. The van der Waals surface area contributed by atoms with E-state index in [1.807, 2.05) is 81.4 Å². The number of carbonyl (C=O) groups is 2. The second-order valence-corrected chi connectivity index (χ2v) is 13.2. The van der Waals surface area contributed by atoms with Crippen molar-refractivity contribution >= 4 is 43.5 Å². The van der Waals surface area contributed by atoms with E-state index in [9.17, 15) is 18.0 Å². The lowest BCUT2D eigenvalue weighted by Gasteiger charge is -2.34. The van der Waals surface area contributed by atoms with Crippen molar-refractivity contribution in [2.24, 2.45) is 0 Å². The Balaban J connectivity index is 1.81. The smallest absolute Gasteiger partial charge is 0.264 e. The van der Waals surface area contributed by atoms with Crippen LogP contribution in [0.3, 0.4) is 0 Å². The van der Waals surface area contributed by atoms with Gasteiger partial charge in [-0.3, -0.25) is 13.9 Å². The van der Waals surface area contributed by atoms with Gasteiger partial charge in [-0.15, -0.1) is 0 Å². The van der Waals surface area contributed by atoms with Gasteiger partial charge in [0.15, 0.2) is 0 Å². The van der Waals surface area contributed by atoms with E-state index in [4.69, 9.17) is 0 Å². The van der Waals surface area contributed by atoms with Gasteiger partial charge in [-0.1, -0.05) is 82.7 Å². The van der Waals surface area contributed by atoms with Crippen LogP contribution in [0, 0.1) is 13.8 Å². The van der Waals surface area contributed by atoms with E-state index < -0.39 is 28.5 Å². The Kier molecular flexibility index (Phi) is 10.8. The molecule has 0 aliphatic heterocycles. The number of likely N-dealkylation sites (N-methyl/N-ethyl adjacent to an activating group) is 1. The minimum Gasteiger partial charge on any atom is -0.355 e. The van der Waals surface area contributed by atoms with Crippen LogP contribution in [0.25, 0.3) is 0 Å². The summed E-state index contributed by atoms with van der Waals surface area (Å²) in [4.78, 5) is 29.5. The summed E-state index contributed by atoms with van der Waals surface area (Å²) in [7, 11) is -4.13. The predicted molar refractivity (Wildman–Crippen MR) is 174 cm³/mol. The zero-order chi connectivity index (χ0) is 31.0. The number of hydrogen-bond acceptors (Lipinski definition) is 4. The molecule has 4 aromatic carbocycles. The molecule has 2 amide bonds. The summed E-state index contributed by atoms with van der Waals surface area (Å²) in [6.07, 6.45) is 0.268. The number of rotatable bonds is 12. The molecule has 0 fully saturated rings. The van der Waals surface area contributed by atoms with Crippen molar-refractivity contribution in [1.82, 2.24) is 10.2 Å². The van der Waals surface area contributed by atoms with Crippen LogP contribution in [0.4, 0.5) is 5.69 Å². The standard InChI is InChI=1S/C34H36BrN3O4S/c1-4-36-34(40)32(22-27-11-7-5-8-12-27)37(23-28-15-17-29(35)18-16-28)33(39)24-38(30-20-25(2)19-26(3)21-30)43(41,42)31-13-9-6-10-14-31/h5-21,32H,4,22-24H2,1-3H3,(H,36,40)/t32-/m0/s1. The van der Waals surface area contributed by atoms with Crippen molar-refractivity contribution in [2.75, 3.05) is 17.4 Å². The maximum Gasteiger partial charge on any atom is 0.264 e. The maximum absolute atomic E-state index is 14.4. The fourth-order valence-corrected chi connectivity index (χ4v) is 6.66. The topological polar surface area (TPSA) is 86.8 Å². The third-order valence-electron chi connectivity index (χ3n) is 6.99. The molecule has 0 spiro atoms. The average Bonchev–Trinajstić information content (AvgIpc) is 2.99. The van der Waals surface area contributed by atoms with E-state index in [0.717, 1.165) is 31.0 Å². The minimum atomic E-state index is -4.13. The molecule has 224 valence electrons. The average molecular weight is 663 g/mol. The van der Waals surface area contributed by atoms with Gasteiger partial charge in [0.1, 0.15) is 12.6 Å². The van der Waals surface area contributed by atoms with E-state index in [2.05, 4.69) is 21.2 Å². The SMILES string of the molecule is CCNC(=O)[C@H](Cc1ccccc1)N(Cc1ccc(Br)cc1)C(=O)CN(c1cc(C)cc(C)c1)S(=O)(=O)c1ccccc1. The maximum atomic E-state index is 14.4. The summed E-state index contributed by atoms with van der Waals surface area (Å²) in [6.45, 7) is 5.62. The molecule has 1 N–H and O–H groups in total. The first kappa shape index (κ1) is 32.0. The van der Waals surface area contributed by atoms with Gasteiger partial charge in [0.25, 0.3) is 10.0 Å². The van der Waals surface area contributed by atoms with Gasteiger partial charge in [-0.25, -0.2) is 8.42 Å². The highest BCUT2D eigenvalue weighted by molar-refractivity contribution is 9.10. The van der Waals surface area contributed by atoms with Crippen LogP contribution < -0.4 is 9.62 Å². The fraction of sp³-hybridized carbons (Fsp3) is 0.235. The number of anilines is 1. The highest BCUT2D eigenvalue weighted by Gasteiger charge is 2.34. The number of nitrogens with zero attached hydrogens (tertiary/aromatic N) is 2. The molecule has 0 saturated heterocycles. The lowest BCUT2D eigenvalue weighted by Crippen LogP contribution is -2.53. The Labute approximate surface area is 262 Å². The monoisotopic (exact) mass is 661 g/mol. The zero-order valence-electron chi connectivity index (χ0n) is 24.5. The van der Waals surface area contributed by atoms with Crippen LogP contribution in [0.15, 0.2) is 112 Å². The number of nitrogens with one attached hydrogen (secondary N) is 1. The Bertz CT molecular complexity index is 1630. The van der Waals surface area contributed by atoms with Crippen molar-refractivity contribution in [3.63, 3.8) is 0 Å². The third-order valence-corrected chi connectivity index (χ3v) is 9.31. The van der Waals surface area contributed by atoms with Crippen LogP contribution in [0.5, 0.6) is 0 Å². The largest absolute Gasteiger partial charge is 0.355 e. The van der Waals surface area contributed by atoms with Crippen molar-refractivity contribution in [3.8, 4) is 0 Å². The molecule has 0 unspecified atom stereocenters. The van der Waals surface area contributed by atoms with Crippen LogP contribution in [0.1, 0.15) is 29.2 Å². The number of amides is 2. The summed E-state index contributed by atoms with van der Waals surface area (Å²) < 4.78 is 30.2. The molecule has 4 aromatic rings. The van der Waals surface area contributed by atoms with E-state index >= 15 is 0 Å². The first-order valence-corrected chi connectivity index (χ1v) is 16.3. The van der Waals surface area contributed by atoms with E-state index in [1.54, 1.807) is 30.3 Å². The molecule has 9 heteroatoms. The van der Waals surface area contributed by atoms with Crippen LogP contribution >= 0.6 is 15.9 Å². The Morgan fingerprint density at radius 3 is 1.98 bits per heavy atom. The van der Waals surface area contributed by atoms with E-state index in [-0.39, 0.29) is 23.8 Å². The lowest BCUT2D eigenvalue weighted by atomic mass is 10.0. The Hall–Kier alpha value is -3.95. The Morgan fingerprint density at radius 1 is 0.814 bits per heavy atom. The van der Waals surface area contributed by atoms with Crippen LogP contribution in [0.2, 0.25) is 0 Å². The van der Waals surface area contributed by atoms with Crippen molar-refractivity contribution < 1.29 is 18.0 Å². The molecule has 0 heterocycles. The summed E-state index contributed by atoms with van der Waals surface area (Å²) in [5.74, 6) is -0.797. The molecule has 0 bridgehead atoms. The van der Waals surface area contributed by atoms with Gasteiger partial charge >= 0.3 is 0 Å². The van der Waals surface area contributed by atoms with Gasteiger partial charge in [-0.2, -0.15) is 0 Å². The van der Waals surface area contributed by atoms with E-state index in [1.165, 1.54) is 17.0 Å². The highest BCUT2D eigenvalue weighted by Crippen LogP contribution is 2.27. The van der Waals surface area contributed by atoms with Gasteiger partial charge in [-0.05, 0) is 79.4 Å². The lowest BCUT2D eigenvalue weighted by molar-refractivity contribution is -0.140. The molecule has 7 nitrogen and oxygen atoms in total. The highest BCUT2D eigenvalue weighted by atomic mass is 79.9. The second-order valence-electron chi connectivity index (χ2n) is 10.4. The number of benzene rings is 4. The summed E-state index contributed by atoms with van der Waals surface area (Å²) in [5, 5.41) is 2.88. The first-order valence-electron chi connectivity index (χ1n) is 14.1. The molecule has 4 rings (SSSR count). The van der Waals surface area contributed by atoms with Gasteiger partial charge < -0.3 is 10.2 Å². The number of carbonyl (C=O) groups excluding carboxylic acids is 2. The van der Waals surface area contributed by atoms with E-state index in [0.29, 0.717) is 12.2 Å². The number of sulfonamides is 1. The number of hydrogen-bond donors (Lipinski definition) is 1. The van der Waals surface area contributed by atoms with Crippen LogP contribution in [-0.4, -0.2) is 44.3 Å². The molecule has 0 saturated carbocycles. The molecular formula is C34H36BrN3O4S. The predicted octanol–water partition coefficient (Wildman–Crippen LogP) is 6.04. The van der Waals surface area contributed by atoms with Gasteiger partial charge in [0.05, 0.1) is 10.6 Å². The second kappa shape index (κ2) is 14.5. The fourth-order valence-electron chi connectivity index (χ4n) is 4.98. The molecule has 43 heavy (non-hydrogen) atoms. The van der Waals surface area contributed by atoms with Gasteiger partial charge in [0.2, 0.25) is 11.8 Å². The normalized spacial score (nSPS) is 11.9. The number of halogens is 1. The molecule has 0 radical (unpaired) electrons. The van der Waals surface area contributed by atoms with Crippen molar-refractivity contribution in [1.29, 1.82) is 0 Å². The molecule has 0 aromatic heterocycles. The molecule has 1 atom stereocenters. The summed E-state index contributed by atoms with van der Waals surface area (Å²) >= 11 is 3.45. The molecule has 0 aliphatic carbocycles. The quantitative estimate of drug-likeness (QED) is 0.201. The van der Waals surface area contributed by atoms with Crippen molar-refractivity contribution in [2.45, 2.75) is 44.7 Å². The number of aryl methyl sites for hydroxylation is 2. The third kappa shape index (κ3) is 8.33. The molecule has 0 aliphatic rings. The first-order chi connectivity index (χ1) is 20.6. The van der Waals surface area contributed by atoms with Crippen LogP contribution in [-0.2, 0) is 32.6 Å². The summed E-state index contributed by atoms with van der Waals surface area (Å²) in [6, 6.07) is 29.7. The Morgan fingerprint density at radius 2 is 1.40 bits per heavy atom. The summed E-state index contributed by atoms with van der Waals surface area (Å²) in [5.41, 5.74) is 3.81. The zero-order valence-corrected chi connectivity index (χ0v) is 26.9.